The van der Waals surface area contributed by atoms with E-state index < -0.39 is 0 Å². The van der Waals surface area contributed by atoms with E-state index in [-0.39, 0.29) is 0 Å². The molecule has 5 nitrogen and oxygen atoms in total. The highest BCUT2D eigenvalue weighted by atomic mass is 16.5. The summed E-state index contributed by atoms with van der Waals surface area (Å²) in [7, 11) is 1.90. The standard InChI is InChI=1S/C21H40N4O/c1-5-25(6-2)14-9-10-16(3)23-20(22-4)24-18-17-11-15-26-19(17)21(18)12-7-8-13-21/h16-19H,5-15H2,1-4H3,(H2,22,23,24). The van der Waals surface area contributed by atoms with Gasteiger partial charge in [-0.1, -0.05) is 26.7 Å². The quantitative estimate of drug-likeness (QED) is 0.513. The average molecular weight is 365 g/mol. The molecule has 3 fully saturated rings. The maximum Gasteiger partial charge on any atom is 0.191 e. The van der Waals surface area contributed by atoms with Gasteiger partial charge < -0.3 is 20.3 Å². The van der Waals surface area contributed by atoms with Gasteiger partial charge in [0.25, 0.3) is 0 Å². The number of aliphatic imine (C=N–C) groups is 1. The third kappa shape index (κ3) is 3.89. The minimum atomic E-state index is 0.380. The highest BCUT2D eigenvalue weighted by Crippen LogP contribution is 2.60. The van der Waals surface area contributed by atoms with E-state index in [2.05, 4.69) is 41.3 Å². The molecule has 0 bridgehead atoms. The van der Waals surface area contributed by atoms with Gasteiger partial charge in [-0.15, -0.1) is 0 Å². The zero-order valence-electron chi connectivity index (χ0n) is 17.4. The smallest absolute Gasteiger partial charge is 0.191 e. The Labute approximate surface area is 160 Å². The van der Waals surface area contributed by atoms with Crippen LogP contribution in [0, 0.1) is 11.3 Å². The third-order valence-electron chi connectivity index (χ3n) is 7.19. The Bertz CT molecular complexity index is 471. The van der Waals surface area contributed by atoms with Crippen LogP contribution in [0.5, 0.6) is 0 Å². The summed E-state index contributed by atoms with van der Waals surface area (Å²) in [5, 5.41) is 7.45. The number of hydrogen-bond donors (Lipinski definition) is 2. The molecule has 1 saturated heterocycles. The molecule has 0 amide bonds. The van der Waals surface area contributed by atoms with Crippen LogP contribution in [0.2, 0.25) is 0 Å². The first-order valence-corrected chi connectivity index (χ1v) is 11.0. The first kappa shape index (κ1) is 19.9. The molecule has 0 radical (unpaired) electrons. The Kier molecular flexibility index (Phi) is 6.84. The molecule has 0 aromatic heterocycles. The highest BCUT2D eigenvalue weighted by Gasteiger charge is 2.65. The highest BCUT2D eigenvalue weighted by molar-refractivity contribution is 5.80. The van der Waals surface area contributed by atoms with E-state index >= 15 is 0 Å². The molecule has 4 atom stereocenters. The minimum Gasteiger partial charge on any atom is -0.377 e. The lowest BCUT2D eigenvalue weighted by Gasteiger charge is -2.57. The zero-order chi connectivity index (χ0) is 18.6. The molecule has 3 rings (SSSR count). The maximum atomic E-state index is 6.11. The molecule has 1 aliphatic heterocycles. The van der Waals surface area contributed by atoms with Gasteiger partial charge in [0.2, 0.25) is 0 Å². The summed E-state index contributed by atoms with van der Waals surface area (Å²) in [5.41, 5.74) is 0.380. The number of nitrogens with one attached hydrogen (secondary N) is 2. The summed E-state index contributed by atoms with van der Waals surface area (Å²) in [6.07, 6.45) is 9.50. The van der Waals surface area contributed by atoms with Gasteiger partial charge in [-0.05, 0) is 58.7 Å². The summed E-state index contributed by atoms with van der Waals surface area (Å²) in [6, 6.07) is 0.999. The normalized spacial score (nSPS) is 31.1. The van der Waals surface area contributed by atoms with Crippen LogP contribution >= 0.6 is 0 Å². The van der Waals surface area contributed by atoms with E-state index in [0.717, 1.165) is 25.7 Å². The summed E-state index contributed by atoms with van der Waals surface area (Å²) in [5.74, 6) is 1.67. The minimum absolute atomic E-state index is 0.380. The predicted octanol–water partition coefficient (Wildman–Crippen LogP) is 3.01. The van der Waals surface area contributed by atoms with E-state index in [0.29, 0.717) is 29.5 Å². The molecule has 2 N–H and O–H groups in total. The van der Waals surface area contributed by atoms with Crippen molar-refractivity contribution >= 4 is 5.96 Å². The van der Waals surface area contributed by atoms with E-state index in [1.165, 1.54) is 51.5 Å². The maximum absolute atomic E-state index is 6.11. The van der Waals surface area contributed by atoms with Crippen LogP contribution in [0.4, 0.5) is 0 Å². The van der Waals surface area contributed by atoms with Crippen molar-refractivity contribution < 1.29 is 4.74 Å². The number of nitrogens with zero attached hydrogens (tertiary/aromatic N) is 2. The van der Waals surface area contributed by atoms with Crippen molar-refractivity contribution in [1.29, 1.82) is 0 Å². The van der Waals surface area contributed by atoms with Gasteiger partial charge in [0.1, 0.15) is 0 Å². The summed E-state index contributed by atoms with van der Waals surface area (Å²) >= 11 is 0. The first-order chi connectivity index (χ1) is 12.6. The van der Waals surface area contributed by atoms with Crippen LogP contribution in [0.15, 0.2) is 4.99 Å². The van der Waals surface area contributed by atoms with Crippen LogP contribution in [0.1, 0.15) is 65.7 Å². The van der Waals surface area contributed by atoms with Gasteiger partial charge in [0.05, 0.1) is 6.10 Å². The van der Waals surface area contributed by atoms with Crippen molar-refractivity contribution in [2.24, 2.45) is 16.3 Å². The van der Waals surface area contributed by atoms with Crippen molar-refractivity contribution in [3.05, 3.63) is 0 Å². The molecule has 2 aliphatic carbocycles. The summed E-state index contributed by atoms with van der Waals surface area (Å²) in [4.78, 5) is 7.04. The van der Waals surface area contributed by atoms with Crippen LogP contribution < -0.4 is 10.6 Å². The molecular formula is C21H40N4O. The molecule has 1 heterocycles. The first-order valence-electron chi connectivity index (χ1n) is 11.0. The van der Waals surface area contributed by atoms with Crippen molar-refractivity contribution in [1.82, 2.24) is 15.5 Å². The van der Waals surface area contributed by atoms with E-state index in [9.17, 15) is 0 Å². The second-order valence-corrected chi connectivity index (χ2v) is 8.59. The van der Waals surface area contributed by atoms with E-state index in [4.69, 9.17) is 4.74 Å². The van der Waals surface area contributed by atoms with Crippen LogP contribution in [-0.4, -0.2) is 62.3 Å². The lowest BCUT2D eigenvalue weighted by atomic mass is 9.54. The van der Waals surface area contributed by atoms with Crippen molar-refractivity contribution in [2.75, 3.05) is 33.3 Å². The molecule has 150 valence electrons. The number of rotatable bonds is 8. The largest absolute Gasteiger partial charge is 0.377 e. The predicted molar refractivity (Wildman–Crippen MR) is 109 cm³/mol. The molecule has 3 aliphatic rings. The second-order valence-electron chi connectivity index (χ2n) is 8.59. The Morgan fingerprint density at radius 3 is 2.65 bits per heavy atom. The Morgan fingerprint density at radius 1 is 1.27 bits per heavy atom. The van der Waals surface area contributed by atoms with Gasteiger partial charge >= 0.3 is 0 Å². The molecule has 5 heteroatoms. The topological polar surface area (TPSA) is 48.9 Å². The van der Waals surface area contributed by atoms with Gasteiger partial charge in [-0.3, -0.25) is 4.99 Å². The fourth-order valence-electron chi connectivity index (χ4n) is 5.69. The lowest BCUT2D eigenvalue weighted by molar-refractivity contribution is -0.125. The molecule has 4 unspecified atom stereocenters. The number of guanidine groups is 1. The zero-order valence-corrected chi connectivity index (χ0v) is 17.4. The molecule has 0 aromatic carbocycles. The van der Waals surface area contributed by atoms with Crippen molar-refractivity contribution in [3.8, 4) is 0 Å². The fraction of sp³-hybridized carbons (Fsp3) is 0.952. The monoisotopic (exact) mass is 364 g/mol. The average Bonchev–Trinajstić information content (AvgIpc) is 3.30. The molecule has 26 heavy (non-hydrogen) atoms. The molecule has 0 aromatic rings. The Balaban J connectivity index is 1.48. The van der Waals surface area contributed by atoms with Gasteiger partial charge in [-0.25, -0.2) is 0 Å². The van der Waals surface area contributed by atoms with Gasteiger partial charge in [-0.2, -0.15) is 0 Å². The van der Waals surface area contributed by atoms with Crippen LogP contribution in [-0.2, 0) is 4.74 Å². The summed E-state index contributed by atoms with van der Waals surface area (Å²) in [6.45, 7) is 11.2. The van der Waals surface area contributed by atoms with Gasteiger partial charge in [0, 0.05) is 37.1 Å². The van der Waals surface area contributed by atoms with Crippen LogP contribution in [0.3, 0.4) is 0 Å². The number of hydrogen-bond acceptors (Lipinski definition) is 3. The fourth-order valence-corrected chi connectivity index (χ4v) is 5.69. The number of ether oxygens (including phenoxy) is 1. The molecule has 1 spiro atoms. The summed E-state index contributed by atoms with van der Waals surface area (Å²) < 4.78 is 6.11. The number of fused-ring (bicyclic) bond motifs is 2. The van der Waals surface area contributed by atoms with Gasteiger partial charge in [0.15, 0.2) is 5.96 Å². The second kappa shape index (κ2) is 8.92. The van der Waals surface area contributed by atoms with E-state index in [1.807, 2.05) is 7.05 Å². The third-order valence-corrected chi connectivity index (χ3v) is 7.19. The molecule has 2 saturated carbocycles. The van der Waals surface area contributed by atoms with Crippen molar-refractivity contribution in [2.45, 2.75) is 83.9 Å². The van der Waals surface area contributed by atoms with E-state index in [1.54, 1.807) is 0 Å². The SMILES string of the molecule is CCN(CC)CCCC(C)NC(=NC)NC1C2CCOC2C12CCCC2. The lowest BCUT2D eigenvalue weighted by Crippen LogP contribution is -2.69. The van der Waals surface area contributed by atoms with Crippen LogP contribution in [0.25, 0.3) is 0 Å². The Morgan fingerprint density at radius 2 is 2.00 bits per heavy atom. The van der Waals surface area contributed by atoms with Crippen molar-refractivity contribution in [3.63, 3.8) is 0 Å². The Hall–Kier alpha value is -0.810. The molecular weight excluding hydrogens is 324 g/mol.